The highest BCUT2D eigenvalue weighted by Gasteiger charge is 2.70. The van der Waals surface area contributed by atoms with E-state index < -0.39 is 78.0 Å². The minimum absolute atomic E-state index is 0.0600. The number of hydrogen-bond donors (Lipinski definition) is 6. The molecule has 1 aliphatic carbocycles. The maximum absolute atomic E-state index is 14.1. The van der Waals surface area contributed by atoms with Crippen LogP contribution in [0.5, 0.6) is 0 Å². The lowest BCUT2D eigenvalue weighted by Crippen LogP contribution is -2.62. The van der Waals surface area contributed by atoms with Gasteiger partial charge in [0.05, 0.1) is 0 Å². The first-order chi connectivity index (χ1) is 22.2. The lowest BCUT2D eigenvalue weighted by molar-refractivity contribution is -0.144. The molecule has 2 fully saturated rings. The van der Waals surface area contributed by atoms with Gasteiger partial charge in [-0.2, -0.15) is 0 Å². The lowest BCUT2D eigenvalue weighted by atomic mass is 9.85. The number of carbonyl (C=O) groups is 6. The van der Waals surface area contributed by atoms with E-state index in [1.807, 2.05) is 13.8 Å². The zero-order valence-corrected chi connectivity index (χ0v) is 28.6. The Labute approximate surface area is 279 Å². The number of urea groups is 1. The van der Waals surface area contributed by atoms with Gasteiger partial charge in [-0.05, 0) is 52.7 Å². The molecule has 15 heteroatoms. The van der Waals surface area contributed by atoms with Gasteiger partial charge in [0.1, 0.15) is 24.2 Å². The van der Waals surface area contributed by atoms with Gasteiger partial charge < -0.3 is 37.6 Å². The summed E-state index contributed by atoms with van der Waals surface area (Å²) in [5.41, 5.74) is 10.6. The van der Waals surface area contributed by atoms with Crippen LogP contribution in [0.15, 0.2) is 24.3 Å². The Bertz CT molecular complexity index is 1400. The molecule has 1 saturated carbocycles. The van der Waals surface area contributed by atoms with Crippen molar-refractivity contribution in [2.75, 3.05) is 13.1 Å². The molecule has 2 aliphatic rings. The number of carbonyl (C=O) groups excluding carboxylic acids is 6. The Morgan fingerprint density at radius 3 is 2.08 bits per heavy atom. The van der Waals surface area contributed by atoms with Crippen molar-refractivity contribution in [1.29, 1.82) is 0 Å². The Kier molecular flexibility index (Phi) is 11.8. The molecule has 0 radical (unpaired) electrons. The van der Waals surface area contributed by atoms with Crippen LogP contribution >= 0.6 is 0 Å². The van der Waals surface area contributed by atoms with Crippen molar-refractivity contribution in [3.63, 3.8) is 0 Å². The van der Waals surface area contributed by atoms with E-state index in [-0.39, 0.29) is 36.3 Å². The Morgan fingerprint density at radius 2 is 1.58 bits per heavy atom. The second-order valence-corrected chi connectivity index (χ2v) is 14.7. The number of piperidine rings is 1. The molecule has 0 spiro atoms. The van der Waals surface area contributed by atoms with Crippen LogP contribution in [0.1, 0.15) is 70.8 Å². The van der Waals surface area contributed by atoms with Crippen LogP contribution in [-0.2, 0) is 25.6 Å². The van der Waals surface area contributed by atoms with E-state index in [0.717, 1.165) is 5.56 Å². The number of primary amides is 2. The molecule has 3 rings (SSSR count). The zero-order valence-electron chi connectivity index (χ0n) is 28.6. The summed E-state index contributed by atoms with van der Waals surface area (Å²) >= 11 is 0. The highest BCUT2D eigenvalue weighted by atomic mass is 19.3. The number of fused-ring (bicyclic) bond motifs is 1. The Morgan fingerprint density at radius 1 is 0.979 bits per heavy atom. The van der Waals surface area contributed by atoms with Crippen molar-refractivity contribution in [2.45, 2.75) is 91.9 Å². The number of alkyl halides is 2. The summed E-state index contributed by atoms with van der Waals surface area (Å²) in [5.74, 6) is -4.09. The smallest absolute Gasteiger partial charge is 0.316 e. The van der Waals surface area contributed by atoms with Gasteiger partial charge in [0.2, 0.25) is 36.0 Å². The van der Waals surface area contributed by atoms with Crippen molar-refractivity contribution < 1.29 is 37.5 Å². The van der Waals surface area contributed by atoms with E-state index in [0.29, 0.717) is 12.0 Å². The molecule has 48 heavy (non-hydrogen) atoms. The molecular formula is C33H49F2N7O6. The molecule has 0 unspecified atom stereocenters. The molecule has 1 saturated heterocycles. The number of amides is 7. The van der Waals surface area contributed by atoms with Gasteiger partial charge >= 0.3 is 6.03 Å². The first kappa shape index (κ1) is 38.2. The van der Waals surface area contributed by atoms with Crippen LogP contribution < -0.4 is 32.7 Å². The number of likely N-dealkylation sites (tertiary alicyclic amines) is 1. The molecular weight excluding hydrogens is 628 g/mol. The fourth-order valence-corrected chi connectivity index (χ4v) is 6.46. The van der Waals surface area contributed by atoms with Crippen molar-refractivity contribution in [1.82, 2.24) is 26.2 Å². The minimum Gasteiger partial charge on any atom is -0.368 e. The average Bonchev–Trinajstić information content (AvgIpc) is 3.28. The summed E-state index contributed by atoms with van der Waals surface area (Å²) in [4.78, 5) is 78.4. The van der Waals surface area contributed by atoms with Crippen molar-refractivity contribution >= 4 is 35.6 Å². The fraction of sp³-hybridized carbons (Fsp3) is 0.636. The standard InChI is InChI=1S/C33H49F2N7O6/c1-16(2)23(27(37)44)40-31(48)41-25(32(3,4)5)30(47)42-15-19-22(33(19,6)7)24(42)29(46)39-20(14-21(34)35)28(45)38-13-12-17-8-10-18(11-9-17)26(36)43/h8-11,16,19-25H,12-15H2,1-7H3,(H2,36,43)(H2,37,44)(H,38,45)(H,39,46)(H2,40,41,48)/t19-,20-,22-,23-,24-,25+/m0/s1. The molecule has 1 aliphatic heterocycles. The summed E-state index contributed by atoms with van der Waals surface area (Å²) in [6, 6.07) is 0.846. The zero-order chi connectivity index (χ0) is 36.3. The monoisotopic (exact) mass is 677 g/mol. The number of benzene rings is 1. The number of nitrogens with zero attached hydrogens (tertiary/aromatic N) is 1. The maximum atomic E-state index is 14.1. The van der Waals surface area contributed by atoms with Gasteiger partial charge in [-0.3, -0.25) is 24.0 Å². The third-order valence-corrected chi connectivity index (χ3v) is 9.41. The van der Waals surface area contributed by atoms with Crippen molar-refractivity contribution in [3.8, 4) is 0 Å². The Hall–Kier alpha value is -4.30. The number of rotatable bonds is 14. The SMILES string of the molecule is CC(C)[C@H](NC(=O)N[C@H](C(=O)N1C[C@H]2[C@@H]([C@H]1C(=O)N[C@@H](CC(F)F)C(=O)NCCc1ccc(C(N)=O)cc1)C2(C)C)C(C)(C)C)C(N)=O. The molecule has 1 heterocycles. The fourth-order valence-electron chi connectivity index (χ4n) is 6.46. The van der Waals surface area contributed by atoms with E-state index in [9.17, 15) is 37.5 Å². The quantitative estimate of drug-likeness (QED) is 0.171. The molecule has 7 amide bonds. The second-order valence-electron chi connectivity index (χ2n) is 14.7. The van der Waals surface area contributed by atoms with Gasteiger partial charge in [0.25, 0.3) is 0 Å². The van der Waals surface area contributed by atoms with Gasteiger partial charge in [-0.15, -0.1) is 0 Å². The van der Waals surface area contributed by atoms with E-state index >= 15 is 0 Å². The van der Waals surface area contributed by atoms with Crippen LogP contribution in [0, 0.1) is 28.6 Å². The number of nitrogens with one attached hydrogen (secondary N) is 4. The number of hydrogen-bond acceptors (Lipinski definition) is 6. The normalized spacial score (nSPS) is 21.5. The van der Waals surface area contributed by atoms with Crippen LogP contribution in [0.4, 0.5) is 13.6 Å². The average molecular weight is 678 g/mol. The molecule has 1 aromatic carbocycles. The van der Waals surface area contributed by atoms with E-state index in [1.165, 1.54) is 17.0 Å². The van der Waals surface area contributed by atoms with Crippen LogP contribution in [-0.4, -0.2) is 84.1 Å². The highest BCUT2D eigenvalue weighted by molar-refractivity contribution is 5.96. The summed E-state index contributed by atoms with van der Waals surface area (Å²) in [5, 5.41) is 10.2. The van der Waals surface area contributed by atoms with Gasteiger partial charge in [0.15, 0.2) is 0 Å². The number of nitrogens with two attached hydrogens (primary N) is 2. The molecule has 0 aromatic heterocycles. The molecule has 8 N–H and O–H groups in total. The molecule has 6 atom stereocenters. The maximum Gasteiger partial charge on any atom is 0.316 e. The van der Waals surface area contributed by atoms with Crippen molar-refractivity contribution in [3.05, 3.63) is 35.4 Å². The molecule has 1 aromatic rings. The summed E-state index contributed by atoms with van der Waals surface area (Å²) < 4.78 is 27.2. The van der Waals surface area contributed by atoms with Gasteiger partial charge in [-0.1, -0.05) is 60.6 Å². The summed E-state index contributed by atoms with van der Waals surface area (Å²) in [6.45, 7) is 12.8. The third kappa shape index (κ3) is 8.98. The first-order valence-corrected chi connectivity index (χ1v) is 16.1. The van der Waals surface area contributed by atoms with Gasteiger partial charge in [0, 0.05) is 25.1 Å². The van der Waals surface area contributed by atoms with Crippen molar-refractivity contribution in [2.24, 2.45) is 40.1 Å². The van der Waals surface area contributed by atoms with Crippen LogP contribution in [0.25, 0.3) is 0 Å². The van der Waals surface area contributed by atoms with Crippen LogP contribution in [0.2, 0.25) is 0 Å². The van der Waals surface area contributed by atoms with E-state index in [2.05, 4.69) is 21.3 Å². The van der Waals surface area contributed by atoms with Crippen LogP contribution in [0.3, 0.4) is 0 Å². The third-order valence-electron chi connectivity index (χ3n) is 9.41. The molecule has 13 nitrogen and oxygen atoms in total. The van der Waals surface area contributed by atoms with Gasteiger partial charge in [-0.25, -0.2) is 13.6 Å². The predicted octanol–water partition coefficient (Wildman–Crippen LogP) is 1.29. The van der Waals surface area contributed by atoms with E-state index in [4.69, 9.17) is 11.5 Å². The Balaban J connectivity index is 1.76. The summed E-state index contributed by atoms with van der Waals surface area (Å²) in [6.07, 6.45) is -3.52. The second kappa shape index (κ2) is 14.9. The summed E-state index contributed by atoms with van der Waals surface area (Å²) in [7, 11) is 0. The largest absolute Gasteiger partial charge is 0.368 e. The predicted molar refractivity (Wildman–Crippen MR) is 173 cm³/mol. The lowest BCUT2D eigenvalue weighted by Gasteiger charge is -2.38. The topological polar surface area (TPSA) is 206 Å². The highest BCUT2D eigenvalue weighted by Crippen LogP contribution is 2.65. The number of halogens is 2. The first-order valence-electron chi connectivity index (χ1n) is 16.1. The minimum atomic E-state index is -2.91. The molecule has 266 valence electrons. The molecule has 0 bridgehead atoms. The van der Waals surface area contributed by atoms with E-state index in [1.54, 1.807) is 46.8 Å².